The fraction of sp³-hybridized carbons (Fsp3) is 0.667. The van der Waals surface area contributed by atoms with E-state index in [0.717, 1.165) is 17.9 Å². The second-order valence-electron chi connectivity index (χ2n) is 6.79. The molecule has 0 N–H and O–H groups in total. The van der Waals surface area contributed by atoms with Crippen molar-refractivity contribution in [3.05, 3.63) is 29.8 Å². The van der Waals surface area contributed by atoms with Crippen LogP contribution in [0, 0.1) is 5.92 Å². The van der Waals surface area contributed by atoms with Gasteiger partial charge in [-0.05, 0) is 49.8 Å². The predicted octanol–water partition coefficient (Wildman–Crippen LogP) is 4.53. The van der Waals surface area contributed by atoms with Gasteiger partial charge in [0, 0.05) is 29.2 Å². The normalized spacial score (nSPS) is 33.7. The van der Waals surface area contributed by atoms with Crippen LogP contribution in [0.25, 0.3) is 0 Å². The Hall–Kier alpha value is -0.470. The lowest BCUT2D eigenvalue weighted by molar-refractivity contribution is 0.0574. The average Bonchev–Trinajstić information content (AvgIpc) is 2.91. The van der Waals surface area contributed by atoms with Gasteiger partial charge in [-0.2, -0.15) is 0 Å². The van der Waals surface area contributed by atoms with Gasteiger partial charge in [0.25, 0.3) is 0 Å². The van der Waals surface area contributed by atoms with Crippen molar-refractivity contribution in [1.82, 2.24) is 4.90 Å². The number of fused-ring (bicyclic) bond motifs is 2. The molecule has 1 aromatic carbocycles. The quantitative estimate of drug-likeness (QED) is 0.786. The van der Waals surface area contributed by atoms with E-state index in [1.54, 1.807) is 5.56 Å². The van der Waals surface area contributed by atoms with E-state index in [2.05, 4.69) is 40.9 Å². The molecule has 0 spiro atoms. The van der Waals surface area contributed by atoms with Gasteiger partial charge in [-0.25, -0.2) is 0 Å². The number of piperidine rings is 1. The Balaban J connectivity index is 1.49. The molecule has 3 atom stereocenters. The van der Waals surface area contributed by atoms with Crippen molar-refractivity contribution in [2.75, 3.05) is 18.8 Å². The summed E-state index contributed by atoms with van der Waals surface area (Å²) in [5, 5.41) is 0. The molecule has 2 heterocycles. The van der Waals surface area contributed by atoms with Crippen molar-refractivity contribution in [2.45, 2.75) is 55.4 Å². The van der Waals surface area contributed by atoms with E-state index in [4.69, 9.17) is 0 Å². The van der Waals surface area contributed by atoms with E-state index < -0.39 is 0 Å². The topological polar surface area (TPSA) is 3.24 Å². The molecule has 1 saturated heterocycles. The molecule has 108 valence electrons. The van der Waals surface area contributed by atoms with Crippen molar-refractivity contribution in [1.29, 1.82) is 0 Å². The molecular weight excluding hydrogens is 262 g/mol. The summed E-state index contributed by atoms with van der Waals surface area (Å²) in [6.07, 6.45) is 8.84. The highest BCUT2D eigenvalue weighted by molar-refractivity contribution is 7.99. The Labute approximate surface area is 127 Å². The van der Waals surface area contributed by atoms with Crippen LogP contribution in [0.1, 0.15) is 50.0 Å². The minimum Gasteiger partial charge on any atom is -0.299 e. The lowest BCUT2D eigenvalue weighted by Crippen LogP contribution is -2.48. The average molecular weight is 287 g/mol. The highest BCUT2D eigenvalue weighted by Gasteiger charge is 2.35. The summed E-state index contributed by atoms with van der Waals surface area (Å²) in [6, 6.07) is 9.99. The molecule has 2 aliphatic heterocycles. The fourth-order valence-corrected chi connectivity index (χ4v) is 5.86. The maximum absolute atomic E-state index is 2.86. The number of likely N-dealkylation sites (tertiary alicyclic amines) is 1. The van der Waals surface area contributed by atoms with Gasteiger partial charge in [-0.1, -0.05) is 31.0 Å². The van der Waals surface area contributed by atoms with Gasteiger partial charge in [0.1, 0.15) is 0 Å². The van der Waals surface area contributed by atoms with Gasteiger partial charge in [0.05, 0.1) is 0 Å². The van der Waals surface area contributed by atoms with Crippen molar-refractivity contribution in [3.8, 4) is 0 Å². The van der Waals surface area contributed by atoms with E-state index in [1.807, 2.05) is 0 Å². The lowest BCUT2D eigenvalue weighted by atomic mass is 9.78. The van der Waals surface area contributed by atoms with Crippen LogP contribution in [0.4, 0.5) is 0 Å². The largest absolute Gasteiger partial charge is 0.299 e. The Morgan fingerprint density at radius 2 is 1.90 bits per heavy atom. The molecule has 0 aromatic heterocycles. The predicted molar refractivity (Wildman–Crippen MR) is 86.5 cm³/mol. The number of rotatable bonds is 2. The van der Waals surface area contributed by atoms with E-state index >= 15 is 0 Å². The zero-order valence-corrected chi connectivity index (χ0v) is 13.1. The van der Waals surface area contributed by atoms with Gasteiger partial charge < -0.3 is 0 Å². The van der Waals surface area contributed by atoms with Crippen LogP contribution in [0.5, 0.6) is 0 Å². The maximum Gasteiger partial charge on any atom is 0.0124 e. The SMILES string of the molecule is c1ccc2c(c1)SCC2CN1CCC[C@H]2CCCC[C@H]21. The number of thioether (sulfide) groups is 1. The highest BCUT2D eigenvalue weighted by atomic mass is 32.2. The van der Waals surface area contributed by atoms with Gasteiger partial charge in [-0.15, -0.1) is 11.8 Å². The third kappa shape index (κ3) is 2.42. The summed E-state index contributed by atoms with van der Waals surface area (Å²) in [4.78, 5) is 4.40. The molecule has 2 fully saturated rings. The monoisotopic (exact) mass is 287 g/mol. The number of nitrogens with zero attached hydrogens (tertiary/aromatic N) is 1. The van der Waals surface area contributed by atoms with Crippen LogP contribution in [0.3, 0.4) is 0 Å². The highest BCUT2D eigenvalue weighted by Crippen LogP contribution is 2.42. The first-order valence-corrected chi connectivity index (χ1v) is 9.36. The minimum absolute atomic E-state index is 0.775. The van der Waals surface area contributed by atoms with E-state index in [9.17, 15) is 0 Å². The van der Waals surface area contributed by atoms with Gasteiger partial charge >= 0.3 is 0 Å². The third-order valence-corrected chi connectivity index (χ3v) is 6.86. The molecule has 4 rings (SSSR count). The second kappa shape index (κ2) is 5.73. The van der Waals surface area contributed by atoms with E-state index in [1.165, 1.54) is 62.3 Å². The van der Waals surface area contributed by atoms with Crippen LogP contribution in [0.15, 0.2) is 29.2 Å². The van der Waals surface area contributed by atoms with Gasteiger partial charge in [0.2, 0.25) is 0 Å². The van der Waals surface area contributed by atoms with Crippen molar-refractivity contribution >= 4 is 11.8 Å². The minimum atomic E-state index is 0.775. The smallest absolute Gasteiger partial charge is 0.0124 e. The molecule has 1 aromatic rings. The number of hydrogen-bond acceptors (Lipinski definition) is 2. The molecule has 1 unspecified atom stereocenters. The number of hydrogen-bond donors (Lipinski definition) is 0. The van der Waals surface area contributed by atoms with Crippen LogP contribution in [0.2, 0.25) is 0 Å². The van der Waals surface area contributed by atoms with Crippen molar-refractivity contribution < 1.29 is 0 Å². The molecule has 20 heavy (non-hydrogen) atoms. The fourth-order valence-electron chi connectivity index (χ4n) is 4.62. The van der Waals surface area contributed by atoms with Crippen LogP contribution < -0.4 is 0 Å². The van der Waals surface area contributed by atoms with Crippen LogP contribution in [-0.4, -0.2) is 29.8 Å². The first-order chi connectivity index (χ1) is 9.92. The van der Waals surface area contributed by atoms with Crippen molar-refractivity contribution in [2.24, 2.45) is 5.92 Å². The zero-order chi connectivity index (χ0) is 13.4. The molecule has 0 amide bonds. The Bertz CT molecular complexity index is 470. The molecule has 2 heteroatoms. The first kappa shape index (κ1) is 13.2. The maximum atomic E-state index is 2.86. The number of benzene rings is 1. The van der Waals surface area contributed by atoms with E-state index in [0.29, 0.717) is 0 Å². The van der Waals surface area contributed by atoms with Crippen LogP contribution >= 0.6 is 11.8 Å². The first-order valence-electron chi connectivity index (χ1n) is 8.37. The van der Waals surface area contributed by atoms with Crippen molar-refractivity contribution in [3.63, 3.8) is 0 Å². The summed E-state index contributed by atoms with van der Waals surface area (Å²) in [6.45, 7) is 2.66. The molecule has 1 saturated carbocycles. The summed E-state index contributed by atoms with van der Waals surface area (Å²) < 4.78 is 0. The molecule has 3 aliphatic rings. The standard InChI is InChI=1S/C18H25NS/c1-3-9-17-14(6-1)7-5-11-19(17)12-15-13-20-18-10-4-2-8-16(15)18/h2,4,8,10,14-15,17H,1,3,5-7,9,11-13H2/t14-,15?,17-/m1/s1. The lowest BCUT2D eigenvalue weighted by Gasteiger charge is -2.45. The molecule has 1 aliphatic carbocycles. The Morgan fingerprint density at radius 1 is 1.05 bits per heavy atom. The second-order valence-corrected chi connectivity index (χ2v) is 7.86. The summed E-state index contributed by atoms with van der Waals surface area (Å²) >= 11 is 2.07. The van der Waals surface area contributed by atoms with Crippen LogP contribution in [-0.2, 0) is 0 Å². The molecule has 0 radical (unpaired) electrons. The molecular formula is C18H25NS. The third-order valence-electron chi connectivity index (χ3n) is 5.61. The molecule has 1 nitrogen and oxygen atoms in total. The molecule has 0 bridgehead atoms. The van der Waals surface area contributed by atoms with Gasteiger partial charge in [0.15, 0.2) is 0 Å². The Kier molecular flexibility index (Phi) is 3.78. The van der Waals surface area contributed by atoms with Gasteiger partial charge in [-0.3, -0.25) is 4.90 Å². The summed E-state index contributed by atoms with van der Waals surface area (Å²) in [5.74, 6) is 3.09. The summed E-state index contributed by atoms with van der Waals surface area (Å²) in [5.41, 5.74) is 1.62. The van der Waals surface area contributed by atoms with E-state index in [-0.39, 0.29) is 0 Å². The summed E-state index contributed by atoms with van der Waals surface area (Å²) in [7, 11) is 0. The zero-order valence-electron chi connectivity index (χ0n) is 12.3. The Morgan fingerprint density at radius 3 is 2.90 bits per heavy atom.